The second-order valence-electron chi connectivity index (χ2n) is 5.27. The molecule has 0 saturated carbocycles. The highest BCUT2D eigenvalue weighted by molar-refractivity contribution is 6.32. The molecule has 3 aromatic rings. The molecule has 0 aliphatic heterocycles. The molecule has 0 amide bonds. The molecule has 3 heterocycles. The zero-order valence-electron chi connectivity index (χ0n) is 13.6. The van der Waals surface area contributed by atoms with E-state index in [9.17, 15) is 5.11 Å². The van der Waals surface area contributed by atoms with Gasteiger partial charge in [-0.3, -0.25) is 9.67 Å². The quantitative estimate of drug-likeness (QED) is 0.596. The van der Waals surface area contributed by atoms with Crippen molar-refractivity contribution in [3.8, 4) is 0 Å². The first-order valence-corrected chi connectivity index (χ1v) is 8.16. The monoisotopic (exact) mass is 359 g/mol. The first-order valence-electron chi connectivity index (χ1n) is 7.79. The van der Waals surface area contributed by atoms with Gasteiger partial charge in [0.1, 0.15) is 5.02 Å². The SMILES string of the molecule is CCn1cc(Nc2ncc(Cl)c(N[C@H](CO)c3cccnc3)n2)cn1. The Hall–Kier alpha value is -2.71. The highest BCUT2D eigenvalue weighted by Crippen LogP contribution is 2.25. The lowest BCUT2D eigenvalue weighted by atomic mass is 10.1. The van der Waals surface area contributed by atoms with Crippen LogP contribution in [0, 0.1) is 0 Å². The number of aromatic nitrogens is 5. The third-order valence-electron chi connectivity index (χ3n) is 3.54. The lowest BCUT2D eigenvalue weighted by molar-refractivity contribution is 0.276. The summed E-state index contributed by atoms with van der Waals surface area (Å²) in [4.78, 5) is 12.6. The van der Waals surface area contributed by atoms with Crippen molar-refractivity contribution in [1.29, 1.82) is 0 Å². The summed E-state index contributed by atoms with van der Waals surface area (Å²) < 4.78 is 1.79. The predicted octanol–water partition coefficient (Wildman–Crippen LogP) is 2.63. The number of nitrogens with one attached hydrogen (secondary N) is 2. The van der Waals surface area contributed by atoms with Gasteiger partial charge in [0.25, 0.3) is 0 Å². The highest BCUT2D eigenvalue weighted by atomic mass is 35.5. The smallest absolute Gasteiger partial charge is 0.229 e. The molecule has 0 aromatic carbocycles. The van der Waals surface area contributed by atoms with E-state index in [1.807, 2.05) is 19.2 Å². The first-order chi connectivity index (χ1) is 12.2. The van der Waals surface area contributed by atoms with Gasteiger partial charge in [0, 0.05) is 25.1 Å². The van der Waals surface area contributed by atoms with Crippen LogP contribution in [0.4, 0.5) is 17.5 Å². The van der Waals surface area contributed by atoms with E-state index in [4.69, 9.17) is 11.6 Å². The van der Waals surface area contributed by atoms with E-state index in [0.29, 0.717) is 16.8 Å². The Morgan fingerprint density at radius 1 is 1.32 bits per heavy atom. The van der Waals surface area contributed by atoms with E-state index in [1.54, 1.807) is 29.3 Å². The summed E-state index contributed by atoms with van der Waals surface area (Å²) in [5.41, 5.74) is 1.61. The van der Waals surface area contributed by atoms with Crippen LogP contribution >= 0.6 is 11.6 Å². The number of rotatable bonds is 7. The lowest BCUT2D eigenvalue weighted by Gasteiger charge is -2.18. The molecule has 0 unspecified atom stereocenters. The van der Waals surface area contributed by atoms with Crippen LogP contribution in [0.2, 0.25) is 5.02 Å². The van der Waals surface area contributed by atoms with Crippen LogP contribution in [0.5, 0.6) is 0 Å². The average Bonchev–Trinajstić information content (AvgIpc) is 3.10. The maximum absolute atomic E-state index is 9.66. The zero-order chi connectivity index (χ0) is 17.6. The van der Waals surface area contributed by atoms with E-state index >= 15 is 0 Å². The van der Waals surface area contributed by atoms with E-state index < -0.39 is 0 Å². The number of aliphatic hydroxyl groups excluding tert-OH is 1. The summed E-state index contributed by atoms with van der Waals surface area (Å²) in [7, 11) is 0. The molecule has 130 valence electrons. The van der Waals surface area contributed by atoms with E-state index in [2.05, 4.69) is 30.7 Å². The number of aryl methyl sites for hydroxylation is 1. The van der Waals surface area contributed by atoms with Gasteiger partial charge in [-0.2, -0.15) is 10.1 Å². The van der Waals surface area contributed by atoms with Crippen molar-refractivity contribution >= 4 is 29.1 Å². The van der Waals surface area contributed by atoms with Gasteiger partial charge >= 0.3 is 0 Å². The summed E-state index contributed by atoms with van der Waals surface area (Å²) in [5, 5.41) is 20.4. The third kappa shape index (κ3) is 4.23. The van der Waals surface area contributed by atoms with Gasteiger partial charge in [0.15, 0.2) is 5.82 Å². The minimum Gasteiger partial charge on any atom is -0.394 e. The van der Waals surface area contributed by atoms with Gasteiger partial charge in [0.2, 0.25) is 5.95 Å². The van der Waals surface area contributed by atoms with Crippen molar-refractivity contribution in [3.05, 3.63) is 53.7 Å². The number of halogens is 1. The van der Waals surface area contributed by atoms with Crippen LogP contribution in [0.15, 0.2) is 43.1 Å². The topological polar surface area (TPSA) is 101 Å². The van der Waals surface area contributed by atoms with Crippen LogP contribution in [0.25, 0.3) is 0 Å². The molecule has 3 aromatic heterocycles. The molecule has 8 nitrogen and oxygen atoms in total. The van der Waals surface area contributed by atoms with E-state index in [-0.39, 0.29) is 12.6 Å². The van der Waals surface area contributed by atoms with Gasteiger partial charge in [-0.25, -0.2) is 4.98 Å². The molecule has 1 atom stereocenters. The van der Waals surface area contributed by atoms with Gasteiger partial charge in [-0.15, -0.1) is 0 Å². The minimum atomic E-state index is -0.378. The molecule has 3 N–H and O–H groups in total. The van der Waals surface area contributed by atoms with Crippen molar-refractivity contribution in [1.82, 2.24) is 24.7 Å². The molecule has 0 aliphatic rings. The average molecular weight is 360 g/mol. The summed E-state index contributed by atoms with van der Waals surface area (Å²) >= 11 is 6.19. The van der Waals surface area contributed by atoms with E-state index in [1.165, 1.54) is 6.20 Å². The van der Waals surface area contributed by atoms with Crippen molar-refractivity contribution in [2.75, 3.05) is 17.2 Å². The summed E-state index contributed by atoms with van der Waals surface area (Å²) in [6.07, 6.45) is 8.41. The molecule has 9 heteroatoms. The Morgan fingerprint density at radius 3 is 2.88 bits per heavy atom. The highest BCUT2D eigenvalue weighted by Gasteiger charge is 2.14. The minimum absolute atomic E-state index is 0.127. The molecule has 0 aliphatic carbocycles. The second-order valence-corrected chi connectivity index (χ2v) is 5.67. The molecule has 0 fully saturated rings. The molecule has 0 bridgehead atoms. The maximum Gasteiger partial charge on any atom is 0.229 e. The molecular weight excluding hydrogens is 342 g/mol. The Kier molecular flexibility index (Phi) is 5.42. The fourth-order valence-electron chi connectivity index (χ4n) is 2.24. The Labute approximate surface area is 149 Å². The number of hydrogen-bond acceptors (Lipinski definition) is 7. The van der Waals surface area contributed by atoms with Crippen LogP contribution in [-0.4, -0.2) is 36.4 Å². The number of pyridine rings is 1. The van der Waals surface area contributed by atoms with Gasteiger partial charge in [0.05, 0.1) is 30.7 Å². The second kappa shape index (κ2) is 7.91. The Bertz CT molecular complexity index is 824. The Morgan fingerprint density at radius 2 is 2.20 bits per heavy atom. The predicted molar refractivity (Wildman–Crippen MR) is 95.9 cm³/mol. The first kappa shape index (κ1) is 17.1. The number of nitrogens with zero attached hydrogens (tertiary/aromatic N) is 5. The molecule has 0 radical (unpaired) electrons. The molecular formula is C16H18ClN7O. The van der Waals surface area contributed by atoms with E-state index in [0.717, 1.165) is 17.8 Å². The zero-order valence-corrected chi connectivity index (χ0v) is 14.4. The normalized spacial score (nSPS) is 12.0. The van der Waals surface area contributed by atoms with Crippen molar-refractivity contribution in [2.45, 2.75) is 19.5 Å². The van der Waals surface area contributed by atoms with Crippen LogP contribution in [-0.2, 0) is 6.54 Å². The molecule has 0 saturated heterocycles. The van der Waals surface area contributed by atoms with Crippen LogP contribution < -0.4 is 10.6 Å². The molecule has 3 rings (SSSR count). The molecule has 25 heavy (non-hydrogen) atoms. The number of hydrogen-bond donors (Lipinski definition) is 3. The van der Waals surface area contributed by atoms with Gasteiger partial charge in [-0.1, -0.05) is 17.7 Å². The Balaban J connectivity index is 1.79. The van der Waals surface area contributed by atoms with Gasteiger partial charge < -0.3 is 15.7 Å². The van der Waals surface area contributed by atoms with Gasteiger partial charge in [-0.05, 0) is 18.6 Å². The third-order valence-corrected chi connectivity index (χ3v) is 3.81. The number of aliphatic hydroxyl groups is 1. The fraction of sp³-hybridized carbons (Fsp3) is 0.250. The number of anilines is 3. The summed E-state index contributed by atoms with van der Waals surface area (Å²) in [6.45, 7) is 2.66. The van der Waals surface area contributed by atoms with Crippen LogP contribution in [0.3, 0.4) is 0 Å². The maximum atomic E-state index is 9.66. The lowest BCUT2D eigenvalue weighted by Crippen LogP contribution is -2.16. The van der Waals surface area contributed by atoms with Crippen LogP contribution in [0.1, 0.15) is 18.5 Å². The largest absolute Gasteiger partial charge is 0.394 e. The summed E-state index contributed by atoms with van der Waals surface area (Å²) in [5.74, 6) is 0.801. The standard InChI is InChI=1S/C16H18ClN7O/c1-2-24-9-12(7-20-24)21-16-19-8-13(17)15(23-16)22-14(10-25)11-4-3-5-18-6-11/h3-9,14,25H,2,10H2,1H3,(H2,19,21,22,23)/t14-/m1/s1. The fourth-order valence-corrected chi connectivity index (χ4v) is 2.39. The summed E-state index contributed by atoms with van der Waals surface area (Å²) in [6, 6.07) is 3.30. The van der Waals surface area contributed by atoms with Crippen molar-refractivity contribution in [3.63, 3.8) is 0 Å². The van der Waals surface area contributed by atoms with Crippen molar-refractivity contribution < 1.29 is 5.11 Å². The van der Waals surface area contributed by atoms with Crippen molar-refractivity contribution in [2.24, 2.45) is 0 Å². The molecule has 0 spiro atoms.